The minimum atomic E-state index is -3.64. The van der Waals surface area contributed by atoms with Gasteiger partial charge in [0.05, 0.1) is 11.9 Å². The van der Waals surface area contributed by atoms with Gasteiger partial charge in [0.25, 0.3) is 15.6 Å². The Labute approximate surface area is 168 Å². The van der Waals surface area contributed by atoms with Gasteiger partial charge in [0.2, 0.25) is 0 Å². The van der Waals surface area contributed by atoms with E-state index in [-0.39, 0.29) is 22.4 Å². The zero-order valence-electron chi connectivity index (χ0n) is 16.3. The Morgan fingerprint density at radius 2 is 1.93 bits per heavy atom. The van der Waals surface area contributed by atoms with Crippen LogP contribution in [0.1, 0.15) is 18.0 Å². The number of aromatic nitrogens is 5. The van der Waals surface area contributed by atoms with E-state index in [2.05, 4.69) is 9.97 Å². The third kappa shape index (κ3) is 2.85. The molecule has 2 aliphatic rings. The molecule has 152 valence electrons. The Balaban J connectivity index is 1.51. The molecule has 1 fully saturated rings. The lowest BCUT2D eigenvalue weighted by molar-refractivity contribution is 0.186. The van der Waals surface area contributed by atoms with Crippen LogP contribution in [-0.2, 0) is 30.7 Å². The maximum Gasteiger partial charge on any atom is 0.262 e. The summed E-state index contributed by atoms with van der Waals surface area (Å²) in [4.78, 5) is 21.5. The summed E-state index contributed by atoms with van der Waals surface area (Å²) in [6.07, 6.45) is 7.39. The second kappa shape index (κ2) is 6.39. The molecule has 0 aromatic carbocycles. The number of aryl methyl sites for hydroxylation is 2. The van der Waals surface area contributed by atoms with E-state index in [9.17, 15) is 13.2 Å². The Hall–Kier alpha value is -2.72. The van der Waals surface area contributed by atoms with Crippen LogP contribution < -0.4 is 5.56 Å². The zero-order chi connectivity index (χ0) is 20.3. The average Bonchev–Trinajstić information content (AvgIpc) is 3.31. The molecule has 5 heterocycles. The SMILES string of the molecule is Cn1cnc(S(=O)(=O)N2C[C@@H]3C[C@H](C2)c2ccc(-c4nccn4C)c(=O)n2C3)c1. The molecule has 3 aromatic rings. The molecule has 10 heteroatoms. The molecule has 0 saturated carbocycles. The van der Waals surface area contributed by atoms with Gasteiger partial charge in [-0.05, 0) is 24.5 Å². The molecule has 29 heavy (non-hydrogen) atoms. The summed E-state index contributed by atoms with van der Waals surface area (Å²) in [5.41, 5.74) is 1.40. The van der Waals surface area contributed by atoms with Crippen molar-refractivity contribution in [2.75, 3.05) is 13.1 Å². The number of hydrogen-bond donors (Lipinski definition) is 0. The van der Waals surface area contributed by atoms with Gasteiger partial charge in [-0.2, -0.15) is 4.31 Å². The van der Waals surface area contributed by atoms with Crippen LogP contribution in [0.4, 0.5) is 0 Å². The number of rotatable bonds is 3. The van der Waals surface area contributed by atoms with Gasteiger partial charge in [0, 0.05) is 63.9 Å². The Bertz CT molecular complexity index is 1250. The summed E-state index contributed by atoms with van der Waals surface area (Å²) >= 11 is 0. The predicted molar refractivity (Wildman–Crippen MR) is 106 cm³/mol. The first-order valence-corrected chi connectivity index (χ1v) is 11.0. The fourth-order valence-electron chi connectivity index (χ4n) is 4.55. The average molecular weight is 414 g/mol. The number of fused-ring (bicyclic) bond motifs is 4. The molecule has 2 aliphatic heterocycles. The van der Waals surface area contributed by atoms with E-state index in [0.717, 1.165) is 12.1 Å². The number of imidazole rings is 2. The van der Waals surface area contributed by atoms with Crippen molar-refractivity contribution in [3.05, 3.63) is 53.1 Å². The van der Waals surface area contributed by atoms with Crippen molar-refractivity contribution in [1.29, 1.82) is 0 Å². The van der Waals surface area contributed by atoms with Crippen molar-refractivity contribution < 1.29 is 8.42 Å². The smallest absolute Gasteiger partial charge is 0.262 e. The lowest BCUT2D eigenvalue weighted by Crippen LogP contribution is -2.49. The van der Waals surface area contributed by atoms with Crippen LogP contribution in [0.15, 0.2) is 46.9 Å². The molecule has 0 N–H and O–H groups in total. The molecule has 0 aliphatic carbocycles. The topological polar surface area (TPSA) is 95.0 Å². The summed E-state index contributed by atoms with van der Waals surface area (Å²) in [7, 11) is -0.0336. The maximum absolute atomic E-state index is 13.2. The highest BCUT2D eigenvalue weighted by Crippen LogP contribution is 2.37. The van der Waals surface area contributed by atoms with Crippen LogP contribution in [0, 0.1) is 5.92 Å². The third-order valence-electron chi connectivity index (χ3n) is 5.92. The van der Waals surface area contributed by atoms with Crippen LogP contribution in [0.25, 0.3) is 11.4 Å². The molecule has 0 radical (unpaired) electrons. The van der Waals surface area contributed by atoms with E-state index in [1.807, 2.05) is 34.5 Å². The van der Waals surface area contributed by atoms with Crippen LogP contribution >= 0.6 is 0 Å². The maximum atomic E-state index is 13.2. The van der Waals surface area contributed by atoms with Gasteiger partial charge in [0.15, 0.2) is 5.03 Å². The Morgan fingerprint density at radius 1 is 1.10 bits per heavy atom. The Morgan fingerprint density at radius 3 is 2.62 bits per heavy atom. The van der Waals surface area contributed by atoms with Crippen molar-refractivity contribution in [2.45, 2.75) is 23.9 Å². The van der Waals surface area contributed by atoms with Crippen molar-refractivity contribution in [3.8, 4) is 11.4 Å². The van der Waals surface area contributed by atoms with Crippen LogP contribution in [0.5, 0.6) is 0 Å². The normalized spacial score (nSPS) is 21.9. The van der Waals surface area contributed by atoms with Gasteiger partial charge < -0.3 is 13.7 Å². The summed E-state index contributed by atoms with van der Waals surface area (Å²) in [6.45, 7) is 1.27. The molecule has 0 unspecified atom stereocenters. The van der Waals surface area contributed by atoms with E-state index in [0.29, 0.717) is 31.0 Å². The zero-order valence-corrected chi connectivity index (χ0v) is 17.1. The molecule has 3 aromatic heterocycles. The molecular weight excluding hydrogens is 392 g/mol. The van der Waals surface area contributed by atoms with Crippen LogP contribution in [-0.4, -0.2) is 49.5 Å². The van der Waals surface area contributed by atoms with Crippen LogP contribution in [0.3, 0.4) is 0 Å². The standard InChI is InChI=1S/C19H22N6O3S/c1-22-11-17(21-12-22)29(27,28)24-8-13-7-14(10-24)16-4-3-15(19(26)25(16)9-13)18-20-5-6-23(18)2/h3-6,11-14H,7-10H2,1-2H3/t13-,14+/m0/s1. The first kappa shape index (κ1) is 18.3. The second-order valence-electron chi connectivity index (χ2n) is 7.95. The summed E-state index contributed by atoms with van der Waals surface area (Å²) < 4.78 is 32.9. The summed E-state index contributed by atoms with van der Waals surface area (Å²) in [5.74, 6) is 0.721. The minimum Gasteiger partial charge on any atom is -0.339 e. The summed E-state index contributed by atoms with van der Waals surface area (Å²) in [5, 5.41) is 0.0718. The second-order valence-corrected chi connectivity index (χ2v) is 9.83. The third-order valence-corrected chi connectivity index (χ3v) is 7.64. The fraction of sp³-hybridized carbons (Fsp3) is 0.421. The monoisotopic (exact) mass is 414 g/mol. The molecule has 0 spiro atoms. The van der Waals surface area contributed by atoms with Gasteiger partial charge in [-0.1, -0.05) is 0 Å². The molecule has 0 amide bonds. The van der Waals surface area contributed by atoms with E-state index in [1.165, 1.54) is 16.8 Å². The van der Waals surface area contributed by atoms with Crippen LogP contribution in [0.2, 0.25) is 0 Å². The highest BCUT2D eigenvalue weighted by Gasteiger charge is 2.40. The predicted octanol–water partition coefficient (Wildman–Crippen LogP) is 0.790. The van der Waals surface area contributed by atoms with Crippen molar-refractivity contribution in [1.82, 2.24) is 28.0 Å². The lowest BCUT2D eigenvalue weighted by Gasteiger charge is -2.41. The first-order chi connectivity index (χ1) is 13.8. The van der Waals surface area contributed by atoms with E-state index in [4.69, 9.17) is 0 Å². The van der Waals surface area contributed by atoms with E-state index < -0.39 is 10.0 Å². The largest absolute Gasteiger partial charge is 0.339 e. The van der Waals surface area contributed by atoms with Gasteiger partial charge in [-0.25, -0.2) is 18.4 Å². The molecular formula is C19H22N6O3S. The summed E-state index contributed by atoms with van der Waals surface area (Å²) in [6, 6.07) is 3.76. The quantitative estimate of drug-likeness (QED) is 0.632. The van der Waals surface area contributed by atoms with E-state index >= 15 is 0 Å². The van der Waals surface area contributed by atoms with Crippen molar-refractivity contribution in [3.63, 3.8) is 0 Å². The first-order valence-electron chi connectivity index (χ1n) is 9.54. The molecule has 1 saturated heterocycles. The number of nitrogens with zero attached hydrogens (tertiary/aromatic N) is 6. The number of hydrogen-bond acceptors (Lipinski definition) is 5. The van der Waals surface area contributed by atoms with Crippen molar-refractivity contribution >= 4 is 10.0 Å². The van der Waals surface area contributed by atoms with Crippen molar-refractivity contribution in [2.24, 2.45) is 20.0 Å². The minimum absolute atomic E-state index is 0.0101. The van der Waals surface area contributed by atoms with Gasteiger partial charge in [0.1, 0.15) is 5.82 Å². The highest BCUT2D eigenvalue weighted by molar-refractivity contribution is 7.89. The molecule has 2 bridgehead atoms. The number of piperidine rings is 1. The highest BCUT2D eigenvalue weighted by atomic mass is 32.2. The molecule has 5 rings (SSSR count). The Kier molecular flexibility index (Phi) is 4.04. The van der Waals surface area contributed by atoms with Gasteiger partial charge >= 0.3 is 0 Å². The van der Waals surface area contributed by atoms with Gasteiger partial charge in [-0.3, -0.25) is 4.79 Å². The van der Waals surface area contributed by atoms with Gasteiger partial charge in [-0.15, -0.1) is 0 Å². The lowest BCUT2D eigenvalue weighted by atomic mass is 9.84. The fourth-order valence-corrected chi connectivity index (χ4v) is 6.08. The number of sulfonamides is 1. The molecule has 2 atom stereocenters. The number of pyridine rings is 1. The van der Waals surface area contributed by atoms with E-state index in [1.54, 1.807) is 17.8 Å². The molecule has 9 nitrogen and oxygen atoms in total.